The van der Waals surface area contributed by atoms with Gasteiger partial charge in [-0.25, -0.2) is 0 Å². The summed E-state index contributed by atoms with van der Waals surface area (Å²) in [4.78, 5) is 0. The largest absolute Gasteiger partial charge is 0.0552 e. The molecule has 0 nitrogen and oxygen atoms in total. The Morgan fingerprint density at radius 1 is 0.107 bits per heavy atom. The monoisotopic (exact) mass is 675 g/mol. The van der Waals surface area contributed by atoms with Crippen LogP contribution >= 0.6 is 0 Å². The first kappa shape index (κ1) is 59.6. The van der Waals surface area contributed by atoms with E-state index in [-0.39, 0.29) is 0 Å². The van der Waals surface area contributed by atoms with E-state index in [1.807, 2.05) is 0 Å². The zero-order chi connectivity index (χ0) is 44.6. The van der Waals surface area contributed by atoms with Crippen molar-refractivity contribution in [3.63, 3.8) is 0 Å². The van der Waals surface area contributed by atoms with Gasteiger partial charge in [0, 0.05) is 172 Å². The molecule has 0 saturated heterocycles. The molecule has 0 radical (unpaired) electrons. The summed E-state index contributed by atoms with van der Waals surface area (Å²) in [5, 5.41) is 0. The third-order valence-corrected chi connectivity index (χ3v) is 16.6. The van der Waals surface area contributed by atoms with Crippen molar-refractivity contribution in [1.29, 1.82) is 0 Å². The second-order valence-corrected chi connectivity index (χ2v) is 25.2. The van der Waals surface area contributed by atoms with Crippen molar-refractivity contribution in [2.24, 2.45) is 0 Å². The van der Waals surface area contributed by atoms with Gasteiger partial charge >= 0.3 is 0 Å². The quantitative estimate of drug-likeness (QED) is 0.0808. The van der Waals surface area contributed by atoms with Crippen molar-refractivity contribution in [2.45, 2.75) is 0 Å². The summed E-state index contributed by atoms with van der Waals surface area (Å²) in [7, 11) is 76.3. The molecule has 0 aliphatic carbocycles. The first-order valence-electron chi connectivity index (χ1n) is 25.4. The molecule has 0 amide bonds. The third kappa shape index (κ3) is 16.0. The predicted molar refractivity (Wildman–Crippen MR) is 403 cm³/mol. The Hall–Kier alpha value is 3.64. The van der Waals surface area contributed by atoms with Gasteiger partial charge in [0.25, 0.3) is 0 Å². The first-order chi connectivity index (χ1) is 25.4. The highest BCUT2D eigenvalue weighted by Gasteiger charge is 2.62. The number of hydrogen-bond acceptors (Lipinski definition) is 0. The van der Waals surface area contributed by atoms with E-state index in [0.29, 0.717) is 172 Å². The Kier molecular flexibility index (Phi) is 29.0. The summed E-state index contributed by atoms with van der Waals surface area (Å²) in [5.74, 6) is 0. The van der Waals surface area contributed by atoms with E-state index in [0.717, 1.165) is 0 Å². The SMILES string of the molecule is BB(B)B(B)B(B(B)B)B(B(B(B(B)B)B(B)B)B(B(B)B)B(B)B)B(B(B(B(B)B)B(B)B)B(B(B)B)B(B)B)B(B(B(B)B)B(B)B)B(B(B)B)B(B)B. The van der Waals surface area contributed by atoms with Crippen molar-refractivity contribution in [3.8, 4) is 0 Å². The molecule has 0 heterocycles. The zero-order valence-electron chi connectivity index (χ0n) is 44.6. The van der Waals surface area contributed by atoms with Crippen molar-refractivity contribution in [1.82, 2.24) is 0 Å². The van der Waals surface area contributed by atoms with Crippen LogP contribution in [0.3, 0.4) is 0 Å². The van der Waals surface area contributed by atoms with E-state index in [1.54, 1.807) is 0 Å². The smallest absolute Gasteiger partial charge is 0.00000860 e. The molecule has 0 bridgehead atoms. The molecule has 0 aliphatic heterocycles. The van der Waals surface area contributed by atoms with Gasteiger partial charge in [-0.05, 0) is 0 Å². The third-order valence-electron chi connectivity index (χ3n) is 16.6. The summed E-state index contributed by atoms with van der Waals surface area (Å²) >= 11 is 0. The van der Waals surface area contributed by atoms with E-state index < -0.39 is 0 Å². The molecule has 0 spiro atoms. The van der Waals surface area contributed by atoms with Crippen LogP contribution in [0.5, 0.6) is 0 Å². The van der Waals surface area contributed by atoms with Gasteiger partial charge < -0.3 is 0 Å². The summed E-state index contributed by atoms with van der Waals surface area (Å²) < 4.78 is 0. The average Bonchev–Trinajstić information content (AvgIpc) is 2.97. The van der Waals surface area contributed by atoms with Crippen molar-refractivity contribution < 1.29 is 0 Å². The molecule has 0 aromatic rings. The lowest BCUT2D eigenvalue weighted by Crippen LogP contribution is -2.96. The second-order valence-electron chi connectivity index (χ2n) is 25.2. The lowest BCUT2D eigenvalue weighted by molar-refractivity contribution is 3.17. The molecule has 56 heteroatoms. The summed E-state index contributed by atoms with van der Waals surface area (Å²) in [6, 6.07) is 0. The molecular formula is H58B56. The van der Waals surface area contributed by atoms with Gasteiger partial charge in [-0.3, -0.25) is 0 Å². The summed E-state index contributed by atoms with van der Waals surface area (Å²) in [6.07, 6.45) is 17.7. The molecule has 0 fully saturated rings. The molecule has 0 saturated carbocycles. The molecular weight excluding hydrogens is 605 g/mol. The fraction of sp³-hybridized carbons (Fsp3) is 0. The Morgan fingerprint density at radius 2 is 0.214 bits per heavy atom. The van der Waals surface area contributed by atoms with E-state index in [9.17, 15) is 0 Å². The topological polar surface area (TPSA) is 0 Å². The highest BCUT2D eigenvalue weighted by Crippen LogP contribution is 2.23. The number of hydrogen-bond donors (Lipinski definition) is 0. The Labute approximate surface area is 393 Å². The molecule has 0 rings (SSSR count). The van der Waals surface area contributed by atoms with Crippen LogP contribution in [0.2, 0.25) is 0 Å². The van der Waals surface area contributed by atoms with Gasteiger partial charge in [-0.15, -0.1) is 0 Å². The maximum atomic E-state index is 2.72. The number of rotatable bonds is 26. The van der Waals surface area contributed by atoms with Gasteiger partial charge in [0.1, 0.15) is 0 Å². The molecule has 0 unspecified atom stereocenters. The van der Waals surface area contributed by atoms with Crippen LogP contribution in [0.25, 0.3) is 0 Å². The second kappa shape index (κ2) is 27.2. The Balaban J connectivity index is 10.2. The molecule has 226 valence electrons. The normalized spacial score (nSPS) is 9.71. The van der Waals surface area contributed by atoms with Gasteiger partial charge in [0.05, 0.1) is 224 Å². The lowest BCUT2D eigenvalue weighted by Gasteiger charge is -2.57. The van der Waals surface area contributed by atoms with Crippen LogP contribution in [0.1, 0.15) is 0 Å². The average molecular weight is 664 g/mol. The highest BCUT2D eigenvalue weighted by atomic mass is 13.4. The zero-order valence-corrected chi connectivity index (χ0v) is 44.6. The van der Waals surface area contributed by atoms with Crippen molar-refractivity contribution >= 4 is 397 Å². The molecule has 0 atom stereocenters. The molecule has 0 N–H and O–H groups in total. The minimum absolute atomic E-state index is 0.629. The van der Waals surface area contributed by atoms with Gasteiger partial charge in [-0.2, -0.15) is 0 Å². The fourth-order valence-corrected chi connectivity index (χ4v) is 15.6. The van der Waals surface area contributed by atoms with Crippen LogP contribution in [-0.2, 0) is 0 Å². The van der Waals surface area contributed by atoms with Gasteiger partial charge in [0.2, 0.25) is 0 Å². The summed E-state index contributed by atoms with van der Waals surface area (Å²) in [6.45, 7) is 0. The molecule has 0 aromatic carbocycles. The van der Waals surface area contributed by atoms with Crippen LogP contribution in [-0.4, -0.2) is 397 Å². The maximum absolute atomic E-state index is 2.72. The van der Waals surface area contributed by atoms with Crippen LogP contribution in [0.15, 0.2) is 0 Å². The highest BCUT2D eigenvalue weighted by molar-refractivity contribution is 8.37. The van der Waals surface area contributed by atoms with Crippen LogP contribution < -0.4 is 0 Å². The van der Waals surface area contributed by atoms with E-state index in [2.05, 4.69) is 224 Å². The Bertz CT molecular complexity index is 847. The van der Waals surface area contributed by atoms with E-state index in [1.165, 1.54) is 0 Å². The molecule has 0 aliphatic rings. The Morgan fingerprint density at radius 3 is 0.321 bits per heavy atom. The van der Waals surface area contributed by atoms with Gasteiger partial charge in [-0.1, -0.05) is 0 Å². The minimum Gasteiger partial charge on any atom is 0.00000860 e. The standard InChI is InChI=1S/B56H58/c1-30(2)44(29)51(43(27)28)55(52(45(31(3)4)32(5)6)46(33(7)8)34(9)10)56(53(47(35(11)12)36(13)14)48(37(15)16)38(17)18)54(49(39(19)20)40(21)22)50(41(23)24)42(25)26/h1-29H2. The van der Waals surface area contributed by atoms with Gasteiger partial charge in [0.15, 0.2) is 0 Å². The van der Waals surface area contributed by atoms with Crippen molar-refractivity contribution in [2.75, 3.05) is 0 Å². The van der Waals surface area contributed by atoms with Crippen LogP contribution in [0, 0.1) is 0 Å². The lowest BCUT2D eigenvalue weighted by atomic mass is 8.23. The maximum Gasteiger partial charge on any atom is 0.0552 e. The molecule has 56 heavy (non-hydrogen) atoms. The van der Waals surface area contributed by atoms with E-state index >= 15 is 0 Å². The predicted octanol–water partition coefficient (Wildman–Crippen LogP) is -36.9. The summed E-state index contributed by atoms with van der Waals surface area (Å²) in [5.41, 5.74) is 0. The molecule has 0 aromatic heterocycles. The van der Waals surface area contributed by atoms with Crippen molar-refractivity contribution in [3.05, 3.63) is 0 Å². The van der Waals surface area contributed by atoms with Crippen LogP contribution in [0.4, 0.5) is 0 Å². The fourth-order valence-electron chi connectivity index (χ4n) is 15.6. The van der Waals surface area contributed by atoms with E-state index in [4.69, 9.17) is 0 Å². The minimum atomic E-state index is 0.629. The first-order valence-corrected chi connectivity index (χ1v) is 25.4.